The van der Waals surface area contributed by atoms with Crippen molar-refractivity contribution < 1.29 is 9.84 Å². The number of aliphatic hydroxyl groups excluding tert-OH is 1. The zero-order valence-corrected chi connectivity index (χ0v) is 16.4. The number of imidazole rings is 1. The van der Waals surface area contributed by atoms with Crippen molar-refractivity contribution in [1.82, 2.24) is 19.5 Å². The molecular weight excluding hydrogens is 358 g/mol. The first-order chi connectivity index (χ1) is 13.5. The molecule has 0 fully saturated rings. The zero-order chi connectivity index (χ0) is 20.1. The number of aryl methyl sites for hydroxylation is 1. The second-order valence-corrected chi connectivity index (χ2v) is 7.05. The van der Waals surface area contributed by atoms with Gasteiger partial charge < -0.3 is 30.8 Å². The number of nitrogens with one attached hydrogen (secondary N) is 2. The SMILES string of the molecule is CCn1cnc2c(Nc3ccc(OCCN)cc3)nc(NC(C)(C)CO)nc21. The summed E-state index contributed by atoms with van der Waals surface area (Å²) in [5.74, 6) is 1.77. The van der Waals surface area contributed by atoms with Crippen molar-refractivity contribution in [1.29, 1.82) is 0 Å². The molecule has 0 aliphatic carbocycles. The monoisotopic (exact) mass is 385 g/mol. The molecule has 0 saturated carbocycles. The molecule has 9 nitrogen and oxygen atoms in total. The summed E-state index contributed by atoms with van der Waals surface area (Å²) in [6, 6.07) is 7.55. The summed E-state index contributed by atoms with van der Waals surface area (Å²) in [4.78, 5) is 13.6. The molecule has 150 valence electrons. The number of nitrogens with two attached hydrogens (primary N) is 1. The molecule has 0 atom stereocenters. The highest BCUT2D eigenvalue weighted by molar-refractivity contribution is 5.86. The summed E-state index contributed by atoms with van der Waals surface area (Å²) in [6.07, 6.45) is 1.75. The molecule has 3 aromatic rings. The molecule has 3 rings (SSSR count). The Kier molecular flexibility index (Phi) is 5.96. The first kappa shape index (κ1) is 19.8. The molecule has 28 heavy (non-hydrogen) atoms. The first-order valence-electron chi connectivity index (χ1n) is 9.27. The van der Waals surface area contributed by atoms with Gasteiger partial charge in [0.1, 0.15) is 12.4 Å². The number of fused-ring (bicyclic) bond motifs is 1. The van der Waals surface area contributed by atoms with Gasteiger partial charge in [-0.1, -0.05) is 0 Å². The van der Waals surface area contributed by atoms with Crippen molar-refractivity contribution in [2.45, 2.75) is 32.9 Å². The molecule has 0 bridgehead atoms. The Balaban J connectivity index is 1.93. The smallest absolute Gasteiger partial charge is 0.227 e. The van der Waals surface area contributed by atoms with Gasteiger partial charge in [-0.3, -0.25) is 0 Å². The van der Waals surface area contributed by atoms with Gasteiger partial charge in [0.15, 0.2) is 17.0 Å². The van der Waals surface area contributed by atoms with Gasteiger partial charge in [-0.2, -0.15) is 9.97 Å². The standard InChI is InChI=1S/C19H27N7O2/c1-4-26-12-21-15-16(22-13-5-7-14(8-6-13)28-10-9-20)23-18(24-17(15)26)25-19(2,3)11-27/h5-8,12,27H,4,9-11,20H2,1-3H3,(H2,22,23,24,25). The molecule has 0 radical (unpaired) electrons. The van der Waals surface area contributed by atoms with Gasteiger partial charge in [0.05, 0.1) is 18.5 Å². The minimum absolute atomic E-state index is 0.0472. The summed E-state index contributed by atoms with van der Waals surface area (Å²) >= 11 is 0. The van der Waals surface area contributed by atoms with Gasteiger partial charge in [0, 0.05) is 18.8 Å². The number of rotatable bonds is 9. The third-order valence-corrected chi connectivity index (χ3v) is 4.15. The van der Waals surface area contributed by atoms with E-state index in [9.17, 15) is 5.11 Å². The molecule has 2 heterocycles. The van der Waals surface area contributed by atoms with E-state index in [0.717, 1.165) is 23.6 Å². The number of nitrogens with zero attached hydrogens (tertiary/aromatic N) is 4. The Morgan fingerprint density at radius 2 is 1.96 bits per heavy atom. The van der Waals surface area contributed by atoms with E-state index in [2.05, 4.69) is 25.6 Å². The number of hydrogen-bond acceptors (Lipinski definition) is 8. The number of aliphatic hydroxyl groups is 1. The topological polar surface area (TPSA) is 123 Å². The summed E-state index contributed by atoms with van der Waals surface area (Å²) in [6.45, 7) is 7.43. The molecule has 5 N–H and O–H groups in total. The average molecular weight is 385 g/mol. The van der Waals surface area contributed by atoms with Crippen LogP contribution in [0.15, 0.2) is 30.6 Å². The van der Waals surface area contributed by atoms with Crippen molar-refractivity contribution in [2.24, 2.45) is 5.73 Å². The summed E-state index contributed by atoms with van der Waals surface area (Å²) in [7, 11) is 0. The number of hydrogen-bond donors (Lipinski definition) is 4. The van der Waals surface area contributed by atoms with Crippen LogP contribution in [0.3, 0.4) is 0 Å². The lowest BCUT2D eigenvalue weighted by Crippen LogP contribution is -2.35. The molecule has 0 aliphatic heterocycles. The van der Waals surface area contributed by atoms with Gasteiger partial charge in [-0.15, -0.1) is 0 Å². The van der Waals surface area contributed by atoms with Crippen molar-refractivity contribution in [3.63, 3.8) is 0 Å². The van der Waals surface area contributed by atoms with Crippen LogP contribution >= 0.6 is 0 Å². The van der Waals surface area contributed by atoms with Crippen molar-refractivity contribution in [2.75, 3.05) is 30.4 Å². The summed E-state index contributed by atoms with van der Waals surface area (Å²) in [5, 5.41) is 16.0. The molecule has 0 saturated heterocycles. The van der Waals surface area contributed by atoms with Gasteiger partial charge in [-0.25, -0.2) is 4.98 Å². The Hall–Kier alpha value is -2.91. The zero-order valence-electron chi connectivity index (χ0n) is 16.4. The van der Waals surface area contributed by atoms with E-state index in [0.29, 0.717) is 30.4 Å². The van der Waals surface area contributed by atoms with E-state index in [1.54, 1.807) is 6.33 Å². The lowest BCUT2D eigenvalue weighted by molar-refractivity contribution is 0.233. The van der Waals surface area contributed by atoms with E-state index in [4.69, 9.17) is 10.5 Å². The van der Waals surface area contributed by atoms with Gasteiger partial charge in [0.25, 0.3) is 0 Å². The number of aromatic nitrogens is 4. The molecule has 0 unspecified atom stereocenters. The fourth-order valence-corrected chi connectivity index (χ4v) is 2.61. The van der Waals surface area contributed by atoms with Crippen LogP contribution in [0.2, 0.25) is 0 Å². The Morgan fingerprint density at radius 3 is 2.61 bits per heavy atom. The van der Waals surface area contributed by atoms with Crippen LogP contribution in [-0.2, 0) is 6.54 Å². The lowest BCUT2D eigenvalue weighted by atomic mass is 10.1. The fourth-order valence-electron chi connectivity index (χ4n) is 2.61. The quantitative estimate of drug-likeness (QED) is 0.442. The maximum atomic E-state index is 9.55. The maximum Gasteiger partial charge on any atom is 0.227 e. The molecule has 0 amide bonds. The molecule has 0 aliphatic rings. The van der Waals surface area contributed by atoms with E-state index >= 15 is 0 Å². The summed E-state index contributed by atoms with van der Waals surface area (Å²) in [5.41, 5.74) is 7.15. The van der Waals surface area contributed by atoms with Gasteiger partial charge in [-0.05, 0) is 45.0 Å². The Labute approximate surface area is 164 Å². The Morgan fingerprint density at radius 1 is 1.21 bits per heavy atom. The van der Waals surface area contributed by atoms with Crippen LogP contribution in [0.5, 0.6) is 5.75 Å². The van der Waals surface area contributed by atoms with Crippen LogP contribution in [0.1, 0.15) is 20.8 Å². The minimum Gasteiger partial charge on any atom is -0.492 e. The van der Waals surface area contributed by atoms with E-state index < -0.39 is 5.54 Å². The van der Waals surface area contributed by atoms with Crippen LogP contribution < -0.4 is 21.1 Å². The normalized spacial score (nSPS) is 11.6. The van der Waals surface area contributed by atoms with Crippen molar-refractivity contribution in [3.8, 4) is 5.75 Å². The van der Waals surface area contributed by atoms with Crippen LogP contribution in [0, 0.1) is 0 Å². The number of ether oxygens (including phenoxy) is 1. The second-order valence-electron chi connectivity index (χ2n) is 7.05. The molecule has 0 spiro atoms. The third kappa shape index (κ3) is 4.49. The highest BCUT2D eigenvalue weighted by Crippen LogP contribution is 2.26. The van der Waals surface area contributed by atoms with Crippen molar-refractivity contribution in [3.05, 3.63) is 30.6 Å². The van der Waals surface area contributed by atoms with E-state index in [1.165, 1.54) is 0 Å². The van der Waals surface area contributed by atoms with E-state index in [1.807, 2.05) is 49.6 Å². The maximum absolute atomic E-state index is 9.55. The minimum atomic E-state index is -0.552. The highest BCUT2D eigenvalue weighted by Gasteiger charge is 2.20. The van der Waals surface area contributed by atoms with Crippen LogP contribution in [0.25, 0.3) is 11.2 Å². The second kappa shape index (κ2) is 8.41. The van der Waals surface area contributed by atoms with Gasteiger partial charge in [0.2, 0.25) is 5.95 Å². The van der Waals surface area contributed by atoms with Gasteiger partial charge >= 0.3 is 0 Å². The molecule has 9 heteroatoms. The number of anilines is 3. The predicted molar refractivity (Wildman–Crippen MR) is 110 cm³/mol. The summed E-state index contributed by atoms with van der Waals surface area (Å²) < 4.78 is 7.45. The van der Waals surface area contributed by atoms with E-state index in [-0.39, 0.29) is 6.61 Å². The lowest BCUT2D eigenvalue weighted by Gasteiger charge is -2.23. The first-order valence-corrected chi connectivity index (χ1v) is 9.27. The predicted octanol–water partition coefficient (Wildman–Crippen LogP) is 2.11. The highest BCUT2D eigenvalue weighted by atomic mass is 16.5. The molecular formula is C19H27N7O2. The molecule has 2 aromatic heterocycles. The number of benzene rings is 1. The average Bonchev–Trinajstić information content (AvgIpc) is 3.10. The fraction of sp³-hybridized carbons (Fsp3) is 0.421. The largest absolute Gasteiger partial charge is 0.492 e. The third-order valence-electron chi connectivity index (χ3n) is 4.15. The van der Waals surface area contributed by atoms with Crippen molar-refractivity contribution >= 4 is 28.6 Å². The van der Waals surface area contributed by atoms with Crippen LogP contribution in [0.4, 0.5) is 17.5 Å². The molecule has 1 aromatic carbocycles. The Bertz CT molecular complexity index is 922. The van der Waals surface area contributed by atoms with Crippen LogP contribution in [-0.4, -0.2) is 49.9 Å².